The third kappa shape index (κ3) is 5.40. The molecule has 2 aliphatic heterocycles. The third-order valence-electron chi connectivity index (χ3n) is 6.60. The number of halogens is 3. The Labute approximate surface area is 206 Å². The van der Waals surface area contributed by atoms with E-state index in [4.69, 9.17) is 0 Å². The lowest BCUT2D eigenvalue weighted by Crippen LogP contribution is -2.36. The molecule has 0 spiro atoms. The number of pyridine rings is 1. The first-order valence-corrected chi connectivity index (χ1v) is 12.6. The minimum Gasteiger partial charge on any atom is -0.404 e. The number of benzene rings is 1. The fourth-order valence-corrected chi connectivity index (χ4v) is 5.88. The van der Waals surface area contributed by atoms with Crippen molar-refractivity contribution in [3.05, 3.63) is 48.7 Å². The molecule has 2 aliphatic rings. The summed E-state index contributed by atoms with van der Waals surface area (Å²) >= 11 is 1.67. The molecule has 0 aliphatic carbocycles. The molecule has 0 bridgehead atoms. The molecular weight excluding hydrogens is 477 g/mol. The summed E-state index contributed by atoms with van der Waals surface area (Å²) < 4.78 is 44.9. The molecule has 0 amide bonds. The maximum atomic E-state index is 12.9. The highest BCUT2D eigenvalue weighted by atomic mass is 32.2. The molecular formula is C24H27F3N6OS. The van der Waals surface area contributed by atoms with Gasteiger partial charge < -0.3 is 19.1 Å². The number of fused-ring (bicyclic) bond motifs is 1. The van der Waals surface area contributed by atoms with E-state index in [1.165, 1.54) is 6.07 Å². The van der Waals surface area contributed by atoms with E-state index < -0.39 is 6.36 Å². The van der Waals surface area contributed by atoms with Crippen molar-refractivity contribution in [2.24, 2.45) is 13.0 Å². The van der Waals surface area contributed by atoms with E-state index in [2.05, 4.69) is 29.7 Å². The Balaban J connectivity index is 1.14. The Hall–Kier alpha value is -2.79. The predicted molar refractivity (Wildman–Crippen MR) is 128 cm³/mol. The van der Waals surface area contributed by atoms with Crippen LogP contribution in [-0.4, -0.2) is 69.0 Å². The van der Waals surface area contributed by atoms with Crippen LogP contribution in [0.1, 0.15) is 12.8 Å². The maximum Gasteiger partial charge on any atom is 0.573 e. The SMILES string of the molecule is Cn1c(SCCCN2CC3CCN(c4ccccc4OC(F)(F)F)C3C2)nnc1-c1ccccn1. The van der Waals surface area contributed by atoms with Crippen LogP contribution >= 0.6 is 11.8 Å². The molecule has 2 atom stereocenters. The molecule has 1 aromatic carbocycles. The Bertz CT molecular complexity index is 1140. The molecule has 2 aromatic heterocycles. The van der Waals surface area contributed by atoms with Crippen molar-refractivity contribution in [2.45, 2.75) is 30.4 Å². The van der Waals surface area contributed by atoms with E-state index in [1.54, 1.807) is 36.2 Å². The lowest BCUT2D eigenvalue weighted by molar-refractivity contribution is -0.274. The molecule has 0 radical (unpaired) electrons. The first kappa shape index (κ1) is 23.9. The monoisotopic (exact) mass is 504 g/mol. The molecule has 186 valence electrons. The summed E-state index contributed by atoms with van der Waals surface area (Å²) in [6.07, 6.45) is -0.990. The zero-order valence-electron chi connectivity index (χ0n) is 19.4. The van der Waals surface area contributed by atoms with Gasteiger partial charge in [0.1, 0.15) is 5.69 Å². The molecule has 4 heterocycles. The van der Waals surface area contributed by atoms with Crippen LogP contribution in [0.25, 0.3) is 11.5 Å². The van der Waals surface area contributed by atoms with Crippen LogP contribution in [0.5, 0.6) is 5.75 Å². The summed E-state index contributed by atoms with van der Waals surface area (Å²) in [5.74, 6) is 1.99. The Kier molecular flexibility index (Phi) is 6.88. The molecule has 2 unspecified atom stereocenters. The predicted octanol–water partition coefficient (Wildman–Crippen LogP) is 4.47. The summed E-state index contributed by atoms with van der Waals surface area (Å²) in [6.45, 7) is 3.52. The Morgan fingerprint density at radius 1 is 1.09 bits per heavy atom. The number of nitrogens with zero attached hydrogens (tertiary/aromatic N) is 6. The molecule has 7 nitrogen and oxygen atoms in total. The van der Waals surface area contributed by atoms with Gasteiger partial charge >= 0.3 is 6.36 Å². The van der Waals surface area contributed by atoms with Gasteiger partial charge in [0.05, 0.1) is 5.69 Å². The number of aromatic nitrogens is 4. The van der Waals surface area contributed by atoms with Crippen LogP contribution in [0.2, 0.25) is 0 Å². The standard InChI is InChI=1S/C24H27F3N6OS/c1-31-22(18-7-4-5-11-28-18)29-30-23(31)35-14-6-12-32-15-17-10-13-33(20(17)16-32)19-8-2-3-9-21(19)34-24(25,26)27/h2-5,7-9,11,17,20H,6,10,12-16H2,1H3. The van der Waals surface area contributed by atoms with Crippen LogP contribution < -0.4 is 9.64 Å². The van der Waals surface area contributed by atoms with Gasteiger partial charge in [0, 0.05) is 44.7 Å². The zero-order chi connectivity index (χ0) is 24.4. The Morgan fingerprint density at radius 2 is 1.91 bits per heavy atom. The molecule has 35 heavy (non-hydrogen) atoms. The Morgan fingerprint density at radius 3 is 2.71 bits per heavy atom. The first-order chi connectivity index (χ1) is 16.9. The molecule has 2 saturated heterocycles. The van der Waals surface area contributed by atoms with Crippen molar-refractivity contribution < 1.29 is 17.9 Å². The third-order valence-corrected chi connectivity index (χ3v) is 7.71. The highest BCUT2D eigenvalue weighted by Gasteiger charge is 2.42. The van der Waals surface area contributed by atoms with Gasteiger partial charge in [-0.1, -0.05) is 30.0 Å². The number of alkyl halides is 3. The van der Waals surface area contributed by atoms with Gasteiger partial charge in [-0.15, -0.1) is 23.4 Å². The smallest absolute Gasteiger partial charge is 0.404 e. The van der Waals surface area contributed by atoms with Gasteiger partial charge in [0.2, 0.25) is 0 Å². The van der Waals surface area contributed by atoms with Crippen molar-refractivity contribution in [2.75, 3.05) is 36.8 Å². The summed E-state index contributed by atoms with van der Waals surface area (Å²) in [7, 11) is 1.95. The van der Waals surface area contributed by atoms with E-state index in [9.17, 15) is 13.2 Å². The van der Waals surface area contributed by atoms with Crippen molar-refractivity contribution in [1.29, 1.82) is 0 Å². The van der Waals surface area contributed by atoms with E-state index in [-0.39, 0.29) is 11.8 Å². The molecule has 3 aromatic rings. The van der Waals surface area contributed by atoms with Crippen LogP contribution in [0.4, 0.5) is 18.9 Å². The molecule has 11 heteroatoms. The van der Waals surface area contributed by atoms with Crippen LogP contribution in [-0.2, 0) is 7.05 Å². The average Bonchev–Trinajstić information content (AvgIpc) is 3.51. The first-order valence-electron chi connectivity index (χ1n) is 11.7. The number of hydrogen-bond donors (Lipinski definition) is 0. The summed E-state index contributed by atoms with van der Waals surface area (Å²) in [6, 6.07) is 12.4. The largest absolute Gasteiger partial charge is 0.573 e. The lowest BCUT2D eigenvalue weighted by atomic mass is 10.0. The summed E-state index contributed by atoms with van der Waals surface area (Å²) in [4.78, 5) is 8.86. The molecule has 0 N–H and O–H groups in total. The lowest BCUT2D eigenvalue weighted by Gasteiger charge is -2.28. The highest BCUT2D eigenvalue weighted by molar-refractivity contribution is 7.99. The normalized spacial score (nSPS) is 20.4. The van der Waals surface area contributed by atoms with Gasteiger partial charge in [0.15, 0.2) is 16.7 Å². The highest BCUT2D eigenvalue weighted by Crippen LogP contribution is 2.40. The van der Waals surface area contributed by atoms with E-state index >= 15 is 0 Å². The zero-order valence-corrected chi connectivity index (χ0v) is 20.2. The molecule has 5 rings (SSSR count). The number of likely N-dealkylation sites (tertiary alicyclic amines) is 1. The van der Waals surface area contributed by atoms with Gasteiger partial charge in [-0.05, 0) is 49.6 Å². The van der Waals surface area contributed by atoms with Gasteiger partial charge in [-0.25, -0.2) is 0 Å². The number of thioether (sulfide) groups is 1. The topological polar surface area (TPSA) is 59.3 Å². The number of ether oxygens (including phenoxy) is 1. The van der Waals surface area contributed by atoms with E-state index in [0.717, 1.165) is 61.4 Å². The number of anilines is 1. The minimum atomic E-state index is -4.70. The van der Waals surface area contributed by atoms with Gasteiger partial charge in [-0.3, -0.25) is 4.98 Å². The number of hydrogen-bond acceptors (Lipinski definition) is 7. The van der Waals surface area contributed by atoms with Crippen molar-refractivity contribution in [1.82, 2.24) is 24.6 Å². The van der Waals surface area contributed by atoms with Crippen LogP contribution in [0, 0.1) is 5.92 Å². The second-order valence-electron chi connectivity index (χ2n) is 8.87. The van der Waals surface area contributed by atoms with Crippen molar-refractivity contribution in [3.8, 4) is 17.3 Å². The fourth-order valence-electron chi connectivity index (χ4n) is 5.05. The van der Waals surface area contributed by atoms with Crippen LogP contribution in [0.15, 0.2) is 53.8 Å². The fraction of sp³-hybridized carbons (Fsp3) is 0.458. The van der Waals surface area contributed by atoms with Gasteiger partial charge in [0.25, 0.3) is 0 Å². The summed E-state index contributed by atoms with van der Waals surface area (Å²) in [5, 5.41) is 9.45. The van der Waals surface area contributed by atoms with Crippen molar-refractivity contribution in [3.63, 3.8) is 0 Å². The molecule has 0 saturated carbocycles. The van der Waals surface area contributed by atoms with Crippen molar-refractivity contribution >= 4 is 17.4 Å². The average molecular weight is 505 g/mol. The maximum absolute atomic E-state index is 12.9. The van der Waals surface area contributed by atoms with E-state index in [0.29, 0.717) is 11.6 Å². The number of rotatable bonds is 8. The van der Waals surface area contributed by atoms with Gasteiger partial charge in [-0.2, -0.15) is 0 Å². The second-order valence-corrected chi connectivity index (χ2v) is 9.93. The van der Waals surface area contributed by atoms with E-state index in [1.807, 2.05) is 29.8 Å². The quantitative estimate of drug-likeness (QED) is 0.331. The number of para-hydroxylation sites is 2. The van der Waals surface area contributed by atoms with Crippen LogP contribution in [0.3, 0.4) is 0 Å². The molecule has 2 fully saturated rings. The summed E-state index contributed by atoms with van der Waals surface area (Å²) in [5.41, 5.74) is 1.32. The second kappa shape index (κ2) is 10.1. The minimum absolute atomic E-state index is 0.121.